The molecule has 2 N–H and O–H groups in total. The highest BCUT2D eigenvalue weighted by atomic mass is 32.2. The van der Waals surface area contributed by atoms with E-state index in [9.17, 15) is 26.8 Å². The molecule has 0 spiro atoms. The molecule has 0 saturated heterocycles. The first-order valence-electron chi connectivity index (χ1n) is 10.2. The molecule has 3 aromatic rings. The van der Waals surface area contributed by atoms with Crippen molar-refractivity contribution in [1.82, 2.24) is 5.32 Å². The summed E-state index contributed by atoms with van der Waals surface area (Å²) in [7, 11) is -4.06. The first kappa shape index (κ1) is 24.8. The molecular formula is C24H22F2N2O5S. The predicted octanol–water partition coefficient (Wildman–Crippen LogP) is 4.19. The summed E-state index contributed by atoms with van der Waals surface area (Å²) < 4.78 is 58.8. The number of carbonyl (C=O) groups is 2. The van der Waals surface area contributed by atoms with Crippen LogP contribution in [0.5, 0.6) is 0 Å². The Morgan fingerprint density at radius 2 is 1.47 bits per heavy atom. The summed E-state index contributed by atoms with van der Waals surface area (Å²) in [5.74, 6) is -2.39. The normalized spacial score (nSPS) is 12.9. The molecule has 3 rings (SSSR count). The molecule has 0 radical (unpaired) electrons. The van der Waals surface area contributed by atoms with E-state index in [0.29, 0.717) is 5.56 Å². The van der Waals surface area contributed by atoms with Crippen LogP contribution in [-0.4, -0.2) is 26.4 Å². The van der Waals surface area contributed by atoms with Gasteiger partial charge in [0.2, 0.25) is 0 Å². The molecule has 0 aromatic heterocycles. The average molecular weight is 489 g/mol. The standard InChI is InChI=1S/C24H22F2N2O5S/c1-15(17-6-8-19(25)9-7-17)27-23(29)16(2)33-24(30)18-4-3-5-22(14-18)34(31,32)28-21-12-10-20(26)11-13-21/h3-16,28H,1-2H3,(H,27,29). The second kappa shape index (κ2) is 10.4. The van der Waals surface area contributed by atoms with Gasteiger partial charge < -0.3 is 10.1 Å². The first-order chi connectivity index (χ1) is 16.0. The number of hydrogen-bond donors (Lipinski definition) is 2. The van der Waals surface area contributed by atoms with Crippen molar-refractivity contribution in [2.24, 2.45) is 0 Å². The minimum Gasteiger partial charge on any atom is -0.449 e. The topological polar surface area (TPSA) is 102 Å². The Labute approximate surface area is 195 Å². The van der Waals surface area contributed by atoms with Gasteiger partial charge in [-0.3, -0.25) is 9.52 Å². The van der Waals surface area contributed by atoms with Crippen molar-refractivity contribution in [3.8, 4) is 0 Å². The predicted molar refractivity (Wildman–Crippen MR) is 121 cm³/mol. The van der Waals surface area contributed by atoms with Crippen LogP contribution < -0.4 is 10.0 Å². The number of ether oxygens (including phenoxy) is 1. The number of halogens is 2. The number of carbonyl (C=O) groups excluding carboxylic acids is 2. The molecule has 0 fully saturated rings. The quantitative estimate of drug-likeness (QED) is 0.463. The summed E-state index contributed by atoms with van der Waals surface area (Å²) in [5.41, 5.74) is 0.739. The zero-order valence-electron chi connectivity index (χ0n) is 18.3. The van der Waals surface area contributed by atoms with Crippen LogP contribution >= 0.6 is 0 Å². The van der Waals surface area contributed by atoms with E-state index in [1.54, 1.807) is 6.92 Å². The summed E-state index contributed by atoms with van der Waals surface area (Å²) in [5, 5.41) is 2.67. The van der Waals surface area contributed by atoms with Gasteiger partial charge in [0.15, 0.2) is 6.10 Å². The van der Waals surface area contributed by atoms with Gasteiger partial charge in [0.25, 0.3) is 15.9 Å². The number of hydrogen-bond acceptors (Lipinski definition) is 5. The van der Waals surface area contributed by atoms with E-state index < -0.39 is 45.7 Å². The summed E-state index contributed by atoms with van der Waals surface area (Å²) >= 11 is 0. The minimum atomic E-state index is -4.06. The smallest absolute Gasteiger partial charge is 0.338 e. The minimum absolute atomic E-state index is 0.0757. The fourth-order valence-corrected chi connectivity index (χ4v) is 4.07. The van der Waals surface area contributed by atoms with Crippen molar-refractivity contribution >= 4 is 27.6 Å². The van der Waals surface area contributed by atoms with Gasteiger partial charge in [-0.25, -0.2) is 22.0 Å². The number of sulfonamides is 1. The molecule has 0 aliphatic rings. The second-order valence-electron chi connectivity index (χ2n) is 7.47. The Hall–Kier alpha value is -3.79. The number of rotatable bonds is 8. The highest BCUT2D eigenvalue weighted by Gasteiger charge is 2.22. The molecule has 34 heavy (non-hydrogen) atoms. The van der Waals surface area contributed by atoms with Gasteiger partial charge >= 0.3 is 5.97 Å². The van der Waals surface area contributed by atoms with Crippen molar-refractivity contribution in [3.63, 3.8) is 0 Å². The lowest BCUT2D eigenvalue weighted by Gasteiger charge is -2.18. The lowest BCUT2D eigenvalue weighted by atomic mass is 10.1. The fourth-order valence-electron chi connectivity index (χ4n) is 2.97. The molecule has 2 unspecified atom stereocenters. The third kappa shape index (κ3) is 6.38. The number of amides is 1. The van der Waals surface area contributed by atoms with E-state index in [2.05, 4.69) is 10.0 Å². The van der Waals surface area contributed by atoms with Crippen LogP contribution in [0.15, 0.2) is 77.7 Å². The van der Waals surface area contributed by atoms with Crippen LogP contribution in [-0.2, 0) is 19.6 Å². The third-order valence-electron chi connectivity index (χ3n) is 4.86. The molecule has 0 saturated carbocycles. The molecule has 1 amide bonds. The summed E-state index contributed by atoms with van der Waals surface area (Å²) in [6.45, 7) is 3.07. The van der Waals surface area contributed by atoms with Crippen LogP contribution in [0.2, 0.25) is 0 Å². The van der Waals surface area contributed by atoms with Crippen LogP contribution in [0.1, 0.15) is 35.8 Å². The molecule has 7 nitrogen and oxygen atoms in total. The maximum atomic E-state index is 13.1. The van der Waals surface area contributed by atoms with E-state index in [1.165, 1.54) is 61.5 Å². The lowest BCUT2D eigenvalue weighted by molar-refractivity contribution is -0.129. The lowest BCUT2D eigenvalue weighted by Crippen LogP contribution is -2.37. The van der Waals surface area contributed by atoms with Crippen molar-refractivity contribution in [1.29, 1.82) is 0 Å². The Bertz CT molecular complexity index is 1280. The van der Waals surface area contributed by atoms with Gasteiger partial charge in [-0.05, 0) is 74.0 Å². The number of esters is 1. The molecule has 0 aliphatic heterocycles. The van der Waals surface area contributed by atoms with Gasteiger partial charge in [0.05, 0.1) is 16.5 Å². The van der Waals surface area contributed by atoms with E-state index in [4.69, 9.17) is 4.74 Å². The summed E-state index contributed by atoms with van der Waals surface area (Å²) in [6.07, 6.45) is -1.17. The molecule has 0 aliphatic carbocycles. The molecule has 0 bridgehead atoms. The molecule has 2 atom stereocenters. The number of anilines is 1. The van der Waals surface area contributed by atoms with Gasteiger partial charge in [-0.2, -0.15) is 0 Å². The first-order valence-corrected chi connectivity index (χ1v) is 11.7. The summed E-state index contributed by atoms with van der Waals surface area (Å²) in [6, 6.07) is 15.0. The largest absolute Gasteiger partial charge is 0.449 e. The Kier molecular flexibility index (Phi) is 7.62. The molecule has 10 heteroatoms. The second-order valence-corrected chi connectivity index (χ2v) is 9.15. The van der Waals surface area contributed by atoms with Crippen molar-refractivity contribution in [3.05, 3.63) is 95.6 Å². The Balaban J connectivity index is 1.65. The van der Waals surface area contributed by atoms with Crippen molar-refractivity contribution in [2.45, 2.75) is 30.9 Å². The highest BCUT2D eigenvalue weighted by Crippen LogP contribution is 2.19. The van der Waals surface area contributed by atoms with Gasteiger partial charge in [-0.1, -0.05) is 18.2 Å². The van der Waals surface area contributed by atoms with E-state index >= 15 is 0 Å². The van der Waals surface area contributed by atoms with Crippen molar-refractivity contribution < 1.29 is 31.5 Å². The van der Waals surface area contributed by atoms with Crippen LogP contribution in [0.4, 0.5) is 14.5 Å². The highest BCUT2D eigenvalue weighted by molar-refractivity contribution is 7.92. The summed E-state index contributed by atoms with van der Waals surface area (Å²) in [4.78, 5) is 24.7. The van der Waals surface area contributed by atoms with Gasteiger partial charge in [-0.15, -0.1) is 0 Å². The maximum absolute atomic E-state index is 13.1. The van der Waals surface area contributed by atoms with E-state index in [1.807, 2.05) is 0 Å². The van der Waals surface area contributed by atoms with Gasteiger partial charge in [0.1, 0.15) is 11.6 Å². The van der Waals surface area contributed by atoms with Crippen LogP contribution in [0.3, 0.4) is 0 Å². The zero-order chi connectivity index (χ0) is 24.9. The van der Waals surface area contributed by atoms with Gasteiger partial charge in [0, 0.05) is 5.69 Å². The monoisotopic (exact) mass is 488 g/mol. The molecule has 3 aromatic carbocycles. The average Bonchev–Trinajstić information content (AvgIpc) is 2.80. The van der Waals surface area contributed by atoms with Crippen LogP contribution in [0, 0.1) is 11.6 Å². The number of nitrogens with one attached hydrogen (secondary N) is 2. The van der Waals surface area contributed by atoms with E-state index in [-0.39, 0.29) is 16.1 Å². The van der Waals surface area contributed by atoms with Crippen LogP contribution in [0.25, 0.3) is 0 Å². The Morgan fingerprint density at radius 3 is 2.09 bits per heavy atom. The molecule has 0 heterocycles. The molecular weight excluding hydrogens is 466 g/mol. The number of benzene rings is 3. The van der Waals surface area contributed by atoms with Crippen molar-refractivity contribution in [2.75, 3.05) is 4.72 Å². The Morgan fingerprint density at radius 1 is 0.882 bits per heavy atom. The fraction of sp³-hybridized carbons (Fsp3) is 0.167. The van der Waals surface area contributed by atoms with E-state index in [0.717, 1.165) is 18.2 Å². The zero-order valence-corrected chi connectivity index (χ0v) is 19.1. The SMILES string of the molecule is CC(OC(=O)c1cccc(S(=O)(=O)Nc2ccc(F)cc2)c1)C(=O)NC(C)c1ccc(F)cc1. The molecule has 178 valence electrons. The maximum Gasteiger partial charge on any atom is 0.338 e. The third-order valence-corrected chi connectivity index (χ3v) is 6.24.